The van der Waals surface area contributed by atoms with E-state index in [1.54, 1.807) is 24.5 Å². The van der Waals surface area contributed by atoms with E-state index in [0.717, 1.165) is 13.0 Å². The largest absolute Gasteiger partial charge is 0.352 e. The minimum atomic E-state index is 0.00645. The molecule has 20 heavy (non-hydrogen) atoms. The molecule has 3 nitrogen and oxygen atoms in total. The summed E-state index contributed by atoms with van der Waals surface area (Å²) in [6, 6.07) is 3.48. The molecule has 0 saturated carbocycles. The van der Waals surface area contributed by atoms with Gasteiger partial charge in [0.15, 0.2) is 0 Å². The zero-order valence-electron chi connectivity index (χ0n) is 12.7. The van der Waals surface area contributed by atoms with Crippen molar-refractivity contribution in [1.29, 1.82) is 0 Å². The van der Waals surface area contributed by atoms with E-state index in [4.69, 9.17) is 0 Å². The maximum absolute atomic E-state index is 11.7. The van der Waals surface area contributed by atoms with Gasteiger partial charge < -0.3 is 5.32 Å². The third-order valence-corrected chi connectivity index (χ3v) is 3.51. The minimum absolute atomic E-state index is 0.00645. The van der Waals surface area contributed by atoms with E-state index >= 15 is 0 Å². The van der Waals surface area contributed by atoms with E-state index in [9.17, 15) is 4.79 Å². The smallest absolute Gasteiger partial charge is 0.251 e. The molecule has 0 saturated heterocycles. The highest BCUT2D eigenvalue weighted by Gasteiger charge is 2.02. The monoisotopic (exact) mass is 276 g/mol. The number of nitrogens with one attached hydrogen (secondary N) is 1. The summed E-state index contributed by atoms with van der Waals surface area (Å²) < 4.78 is 0. The third-order valence-electron chi connectivity index (χ3n) is 3.51. The molecule has 1 rings (SSSR count). The van der Waals surface area contributed by atoms with Crippen molar-refractivity contribution in [3.05, 3.63) is 30.1 Å². The fraction of sp³-hybridized carbons (Fsp3) is 0.647. The fourth-order valence-electron chi connectivity index (χ4n) is 2.24. The van der Waals surface area contributed by atoms with Crippen molar-refractivity contribution in [2.45, 2.75) is 64.7 Å². The Bertz CT molecular complexity index is 351. The standard InChI is InChI=1S/C17H28N2O/c1-2-3-4-5-6-7-8-9-10-13-19-17(20)16-11-14-18-15-12-16/h11-12,14-15H,2-10,13H2,1H3,(H,19,20). The van der Waals surface area contributed by atoms with E-state index in [1.165, 1.54) is 51.4 Å². The summed E-state index contributed by atoms with van der Waals surface area (Å²) in [4.78, 5) is 15.6. The Hall–Kier alpha value is -1.38. The molecule has 1 amide bonds. The van der Waals surface area contributed by atoms with Crippen LogP contribution >= 0.6 is 0 Å². The molecular formula is C17H28N2O. The highest BCUT2D eigenvalue weighted by molar-refractivity contribution is 5.93. The maximum atomic E-state index is 11.7. The van der Waals surface area contributed by atoms with Gasteiger partial charge >= 0.3 is 0 Å². The summed E-state index contributed by atoms with van der Waals surface area (Å²) in [5.41, 5.74) is 0.691. The lowest BCUT2D eigenvalue weighted by Gasteiger charge is -2.05. The van der Waals surface area contributed by atoms with E-state index in [1.807, 2.05) is 0 Å². The first-order valence-electron chi connectivity index (χ1n) is 8.03. The minimum Gasteiger partial charge on any atom is -0.352 e. The molecule has 0 bridgehead atoms. The molecule has 0 aromatic carbocycles. The van der Waals surface area contributed by atoms with Gasteiger partial charge in [-0.05, 0) is 18.6 Å². The third kappa shape index (κ3) is 7.93. The number of pyridine rings is 1. The lowest BCUT2D eigenvalue weighted by Crippen LogP contribution is -2.24. The van der Waals surface area contributed by atoms with Gasteiger partial charge in [0.1, 0.15) is 0 Å². The molecule has 0 spiro atoms. The Morgan fingerprint density at radius 3 is 2.10 bits per heavy atom. The summed E-state index contributed by atoms with van der Waals surface area (Å²) in [6.45, 7) is 3.03. The summed E-state index contributed by atoms with van der Waals surface area (Å²) in [5.74, 6) is 0.00645. The van der Waals surface area contributed by atoms with Crippen LogP contribution in [-0.2, 0) is 0 Å². The van der Waals surface area contributed by atoms with Crippen molar-refractivity contribution in [2.24, 2.45) is 0 Å². The second-order valence-electron chi connectivity index (χ2n) is 5.32. The molecule has 0 fully saturated rings. The van der Waals surface area contributed by atoms with Gasteiger partial charge in [-0.1, -0.05) is 58.3 Å². The summed E-state index contributed by atoms with van der Waals surface area (Å²) >= 11 is 0. The zero-order valence-corrected chi connectivity index (χ0v) is 12.7. The Balaban J connectivity index is 1.91. The summed E-state index contributed by atoms with van der Waals surface area (Å²) in [7, 11) is 0. The van der Waals surface area contributed by atoms with Gasteiger partial charge in [-0.15, -0.1) is 0 Å². The van der Waals surface area contributed by atoms with Crippen LogP contribution in [-0.4, -0.2) is 17.4 Å². The number of hydrogen-bond donors (Lipinski definition) is 1. The first kappa shape index (κ1) is 16.7. The lowest BCUT2D eigenvalue weighted by atomic mass is 10.1. The molecule has 1 heterocycles. The maximum Gasteiger partial charge on any atom is 0.251 e. The van der Waals surface area contributed by atoms with Crippen LogP contribution in [0.15, 0.2) is 24.5 Å². The number of amides is 1. The number of aromatic nitrogens is 1. The SMILES string of the molecule is CCCCCCCCCCCNC(=O)c1ccncc1. The van der Waals surface area contributed by atoms with Gasteiger partial charge in [-0.25, -0.2) is 0 Å². The zero-order chi connectivity index (χ0) is 14.5. The lowest BCUT2D eigenvalue weighted by molar-refractivity contribution is 0.0953. The van der Waals surface area contributed by atoms with Crippen molar-refractivity contribution in [1.82, 2.24) is 10.3 Å². The number of unbranched alkanes of at least 4 members (excludes halogenated alkanes) is 8. The van der Waals surface area contributed by atoms with E-state index < -0.39 is 0 Å². The Morgan fingerprint density at radius 2 is 1.50 bits per heavy atom. The van der Waals surface area contributed by atoms with Crippen molar-refractivity contribution >= 4 is 5.91 Å². The Morgan fingerprint density at radius 1 is 0.950 bits per heavy atom. The normalized spacial score (nSPS) is 10.4. The van der Waals surface area contributed by atoms with Gasteiger partial charge in [-0.3, -0.25) is 9.78 Å². The molecule has 1 aromatic rings. The molecular weight excluding hydrogens is 248 g/mol. The molecule has 1 N–H and O–H groups in total. The van der Waals surface area contributed by atoms with Crippen LogP contribution in [0.5, 0.6) is 0 Å². The molecule has 0 radical (unpaired) electrons. The van der Waals surface area contributed by atoms with Crippen LogP contribution in [0.2, 0.25) is 0 Å². The predicted octanol–water partition coefficient (Wildman–Crippen LogP) is 4.34. The number of rotatable bonds is 11. The number of hydrogen-bond acceptors (Lipinski definition) is 2. The quantitative estimate of drug-likeness (QED) is 0.611. The van der Waals surface area contributed by atoms with Crippen LogP contribution in [0.1, 0.15) is 75.1 Å². The van der Waals surface area contributed by atoms with Crippen LogP contribution in [0, 0.1) is 0 Å². The molecule has 0 aliphatic carbocycles. The van der Waals surface area contributed by atoms with Gasteiger partial charge in [-0.2, -0.15) is 0 Å². The Labute approximate surface area is 123 Å². The predicted molar refractivity (Wildman–Crippen MR) is 83.8 cm³/mol. The first-order chi connectivity index (χ1) is 9.84. The fourth-order valence-corrected chi connectivity index (χ4v) is 2.24. The van der Waals surface area contributed by atoms with Gasteiger partial charge in [0.05, 0.1) is 0 Å². The highest BCUT2D eigenvalue weighted by atomic mass is 16.1. The second kappa shape index (κ2) is 11.4. The average Bonchev–Trinajstić information content (AvgIpc) is 2.50. The number of carbonyl (C=O) groups excluding carboxylic acids is 1. The van der Waals surface area contributed by atoms with Crippen LogP contribution in [0.3, 0.4) is 0 Å². The second-order valence-corrected chi connectivity index (χ2v) is 5.32. The van der Waals surface area contributed by atoms with E-state index in [2.05, 4.69) is 17.2 Å². The average molecular weight is 276 g/mol. The molecule has 0 unspecified atom stereocenters. The van der Waals surface area contributed by atoms with Gasteiger partial charge in [0, 0.05) is 24.5 Å². The molecule has 112 valence electrons. The van der Waals surface area contributed by atoms with Crippen LogP contribution < -0.4 is 5.32 Å². The summed E-state index contributed by atoms with van der Waals surface area (Å²) in [5, 5.41) is 2.95. The number of nitrogens with zero attached hydrogens (tertiary/aromatic N) is 1. The van der Waals surface area contributed by atoms with Crippen molar-refractivity contribution in [3.63, 3.8) is 0 Å². The van der Waals surface area contributed by atoms with E-state index in [-0.39, 0.29) is 5.91 Å². The van der Waals surface area contributed by atoms with Crippen molar-refractivity contribution < 1.29 is 4.79 Å². The molecule has 3 heteroatoms. The molecule has 0 aliphatic heterocycles. The van der Waals surface area contributed by atoms with Crippen LogP contribution in [0.4, 0.5) is 0 Å². The first-order valence-corrected chi connectivity index (χ1v) is 8.03. The number of carbonyl (C=O) groups is 1. The van der Waals surface area contributed by atoms with E-state index in [0.29, 0.717) is 5.56 Å². The van der Waals surface area contributed by atoms with Gasteiger partial charge in [0.25, 0.3) is 5.91 Å². The molecule has 0 atom stereocenters. The van der Waals surface area contributed by atoms with Crippen molar-refractivity contribution in [3.8, 4) is 0 Å². The highest BCUT2D eigenvalue weighted by Crippen LogP contribution is 2.09. The molecule has 0 aliphatic rings. The molecule has 1 aromatic heterocycles. The van der Waals surface area contributed by atoms with Gasteiger partial charge in [0.2, 0.25) is 0 Å². The van der Waals surface area contributed by atoms with Crippen molar-refractivity contribution in [2.75, 3.05) is 6.54 Å². The Kier molecular flexibility index (Phi) is 9.54. The summed E-state index contributed by atoms with van der Waals surface area (Å²) in [6.07, 6.45) is 15.0. The van der Waals surface area contributed by atoms with Crippen LogP contribution in [0.25, 0.3) is 0 Å². The topological polar surface area (TPSA) is 42.0 Å².